The smallest absolute Gasteiger partial charge is 0.317 e. The van der Waals surface area contributed by atoms with E-state index in [-0.39, 0.29) is 12.5 Å². The van der Waals surface area contributed by atoms with Crippen molar-refractivity contribution in [1.82, 2.24) is 0 Å². The lowest BCUT2D eigenvalue weighted by atomic mass is 10.2. The van der Waals surface area contributed by atoms with Crippen LogP contribution in [0.25, 0.3) is 0 Å². The Bertz CT molecular complexity index is 398. The summed E-state index contributed by atoms with van der Waals surface area (Å²) in [4.78, 5) is 21.8. The zero-order chi connectivity index (χ0) is 18.5. The van der Waals surface area contributed by atoms with Gasteiger partial charge in [-0.2, -0.15) is 0 Å². The molecule has 0 radical (unpaired) electrons. The van der Waals surface area contributed by atoms with Gasteiger partial charge < -0.3 is 18.1 Å². The molecule has 0 saturated carbocycles. The van der Waals surface area contributed by atoms with Gasteiger partial charge in [-0.3, -0.25) is 9.59 Å². The molecule has 1 atom stereocenters. The van der Waals surface area contributed by atoms with Crippen LogP contribution in [0.15, 0.2) is 0 Å². The predicted molar refractivity (Wildman–Crippen MR) is 97.7 cm³/mol. The summed E-state index contributed by atoms with van der Waals surface area (Å²) in [6.45, 7) is 17.1. The molecular weight excluding hydrogens is 348 g/mol. The quantitative estimate of drug-likeness (QED) is 0.355. The molecule has 0 saturated heterocycles. The van der Waals surface area contributed by atoms with E-state index in [1.165, 1.54) is 0 Å². The Morgan fingerprint density at radius 2 is 1.39 bits per heavy atom. The minimum Gasteiger partial charge on any atom is -0.481 e. The first-order valence-electron chi connectivity index (χ1n) is 7.90. The third kappa shape index (κ3) is 12.6. The number of ether oxygens (including phenoxy) is 1. The van der Waals surface area contributed by atoms with Gasteiger partial charge in [0.2, 0.25) is 0 Å². The Hall–Kier alpha value is -0.489. The molecule has 0 aliphatic heterocycles. The highest BCUT2D eigenvalue weighted by Crippen LogP contribution is 2.27. The van der Waals surface area contributed by atoms with Gasteiger partial charge in [0.05, 0.1) is 6.61 Å². The second-order valence-electron chi connectivity index (χ2n) is 8.13. The molecule has 1 N–H and O–H groups in total. The van der Waals surface area contributed by atoms with Crippen LogP contribution in [0, 0.1) is 5.92 Å². The maximum Gasteiger partial charge on any atom is 0.317 e. The predicted octanol–water partition coefficient (Wildman–Crippen LogP) is 3.42. The molecule has 0 aliphatic rings. The van der Waals surface area contributed by atoms with Crippen molar-refractivity contribution in [3.05, 3.63) is 0 Å². The zero-order valence-corrected chi connectivity index (χ0v) is 18.7. The van der Waals surface area contributed by atoms with Crippen molar-refractivity contribution >= 4 is 37.1 Å². The SMILES string of the molecule is CC(COC(=O)CC(=O)O)C[Si](C)(O[Si](C)(C)C)O[Si](C)(C)C. The summed E-state index contributed by atoms with van der Waals surface area (Å²) >= 11 is 0. The number of carboxylic acid groups (broad SMARTS) is 1. The molecule has 136 valence electrons. The molecule has 0 fully saturated rings. The van der Waals surface area contributed by atoms with Crippen molar-refractivity contribution in [3.63, 3.8) is 0 Å². The summed E-state index contributed by atoms with van der Waals surface area (Å²) in [6.07, 6.45) is -0.599. The summed E-state index contributed by atoms with van der Waals surface area (Å²) in [7, 11) is -5.88. The normalized spacial score (nSPS) is 14.4. The Kier molecular flexibility index (Phi) is 8.38. The number of aliphatic carboxylic acids is 1. The summed E-state index contributed by atoms with van der Waals surface area (Å²) in [5.74, 6) is -1.81. The van der Waals surface area contributed by atoms with Crippen molar-refractivity contribution in [2.24, 2.45) is 5.92 Å². The third-order valence-electron chi connectivity index (χ3n) is 2.59. The van der Waals surface area contributed by atoms with Gasteiger partial charge in [-0.1, -0.05) is 6.92 Å². The molecule has 9 heteroatoms. The maximum absolute atomic E-state index is 11.3. The number of esters is 1. The first kappa shape index (κ1) is 22.5. The Morgan fingerprint density at radius 1 is 0.957 bits per heavy atom. The molecule has 1 unspecified atom stereocenters. The van der Waals surface area contributed by atoms with E-state index in [2.05, 4.69) is 45.8 Å². The van der Waals surface area contributed by atoms with Crippen molar-refractivity contribution in [2.45, 2.75) is 65.2 Å². The topological polar surface area (TPSA) is 82.1 Å². The maximum atomic E-state index is 11.3. The molecule has 0 aromatic heterocycles. The lowest BCUT2D eigenvalue weighted by Crippen LogP contribution is -2.53. The van der Waals surface area contributed by atoms with Gasteiger partial charge in [-0.15, -0.1) is 0 Å². The monoisotopic (exact) mass is 380 g/mol. The Balaban J connectivity index is 4.75. The average Bonchev–Trinajstić information content (AvgIpc) is 2.18. The second kappa shape index (κ2) is 8.56. The van der Waals surface area contributed by atoms with Gasteiger partial charge in [0, 0.05) is 0 Å². The van der Waals surface area contributed by atoms with Crippen molar-refractivity contribution < 1.29 is 27.7 Å². The molecule has 0 amide bonds. The highest BCUT2D eigenvalue weighted by molar-refractivity contribution is 6.87. The number of hydrogen-bond acceptors (Lipinski definition) is 5. The van der Waals surface area contributed by atoms with Crippen LogP contribution < -0.4 is 0 Å². The van der Waals surface area contributed by atoms with Crippen molar-refractivity contribution in [1.29, 1.82) is 0 Å². The molecule has 0 aromatic carbocycles. The fourth-order valence-electron chi connectivity index (χ4n) is 2.50. The van der Waals surface area contributed by atoms with Gasteiger partial charge >= 0.3 is 20.5 Å². The van der Waals surface area contributed by atoms with Gasteiger partial charge in [0.1, 0.15) is 6.42 Å². The van der Waals surface area contributed by atoms with Crippen molar-refractivity contribution in [3.8, 4) is 0 Å². The number of carbonyl (C=O) groups is 2. The first-order valence-corrected chi connectivity index (χ1v) is 17.2. The summed E-state index contributed by atoms with van der Waals surface area (Å²) in [5, 5.41) is 8.57. The molecule has 0 rings (SSSR count). The standard InChI is InChI=1S/C14H32O6Si3/c1-12(10-18-14(17)9-13(15)16)11-23(8,19-21(2,3)4)20-22(5,6)7/h12H,9-11H2,1-8H3,(H,15,16). The highest BCUT2D eigenvalue weighted by Gasteiger charge is 2.41. The van der Waals surface area contributed by atoms with Gasteiger partial charge in [-0.05, 0) is 57.8 Å². The van der Waals surface area contributed by atoms with Crippen LogP contribution in [0.2, 0.25) is 51.9 Å². The number of carbonyl (C=O) groups excluding carboxylic acids is 1. The van der Waals surface area contributed by atoms with E-state index in [4.69, 9.17) is 18.1 Å². The lowest BCUT2D eigenvalue weighted by molar-refractivity contribution is -0.152. The molecule has 0 bridgehead atoms. The van der Waals surface area contributed by atoms with E-state index < -0.39 is 43.6 Å². The fraction of sp³-hybridized carbons (Fsp3) is 0.857. The molecule has 6 nitrogen and oxygen atoms in total. The Morgan fingerprint density at radius 3 is 1.74 bits per heavy atom. The van der Waals surface area contributed by atoms with Crippen LogP contribution in [-0.4, -0.2) is 48.8 Å². The number of carboxylic acids is 1. The van der Waals surface area contributed by atoms with Crippen LogP contribution in [0.3, 0.4) is 0 Å². The Labute approximate surface area is 143 Å². The number of hydrogen-bond donors (Lipinski definition) is 1. The van der Waals surface area contributed by atoms with Crippen LogP contribution in [0.4, 0.5) is 0 Å². The molecule has 0 aromatic rings. The lowest BCUT2D eigenvalue weighted by Gasteiger charge is -2.39. The van der Waals surface area contributed by atoms with Crippen LogP contribution in [0.1, 0.15) is 13.3 Å². The number of rotatable bonds is 10. The van der Waals surface area contributed by atoms with Gasteiger partial charge in [0.25, 0.3) is 0 Å². The van der Waals surface area contributed by atoms with Crippen LogP contribution in [-0.2, 0) is 22.6 Å². The molecule has 23 heavy (non-hydrogen) atoms. The van der Waals surface area contributed by atoms with E-state index in [0.717, 1.165) is 6.04 Å². The van der Waals surface area contributed by atoms with E-state index in [1.807, 2.05) is 6.92 Å². The minimum atomic E-state index is -2.37. The molecular formula is C14H32O6Si3. The summed E-state index contributed by atoms with van der Waals surface area (Å²) in [6, 6.07) is 0.724. The van der Waals surface area contributed by atoms with Gasteiger partial charge in [0.15, 0.2) is 16.6 Å². The zero-order valence-electron chi connectivity index (χ0n) is 15.7. The largest absolute Gasteiger partial charge is 0.481 e. The van der Waals surface area contributed by atoms with Crippen LogP contribution >= 0.6 is 0 Å². The highest BCUT2D eigenvalue weighted by atomic mass is 28.5. The van der Waals surface area contributed by atoms with Gasteiger partial charge in [-0.25, -0.2) is 0 Å². The average molecular weight is 381 g/mol. The molecule has 0 aliphatic carbocycles. The second-order valence-corrected chi connectivity index (χ2v) is 20.9. The third-order valence-corrected chi connectivity index (χ3v) is 12.4. The summed E-state index contributed by atoms with van der Waals surface area (Å²) < 4.78 is 17.8. The van der Waals surface area contributed by atoms with E-state index in [1.54, 1.807) is 0 Å². The minimum absolute atomic E-state index is 0.0668. The van der Waals surface area contributed by atoms with E-state index >= 15 is 0 Å². The molecule has 0 spiro atoms. The first-order chi connectivity index (χ1) is 10.1. The van der Waals surface area contributed by atoms with E-state index in [0.29, 0.717) is 0 Å². The van der Waals surface area contributed by atoms with E-state index in [9.17, 15) is 9.59 Å². The fourth-order valence-corrected chi connectivity index (χ4v) is 15.5. The molecule has 0 heterocycles. The summed E-state index contributed by atoms with van der Waals surface area (Å²) in [5.41, 5.74) is 0. The van der Waals surface area contributed by atoms with Crippen LogP contribution in [0.5, 0.6) is 0 Å². The van der Waals surface area contributed by atoms with Crippen molar-refractivity contribution in [2.75, 3.05) is 6.61 Å².